The second kappa shape index (κ2) is 8.70. The van der Waals surface area contributed by atoms with Crippen LogP contribution in [0.2, 0.25) is 0 Å². The molecule has 0 heterocycles. The maximum absolute atomic E-state index is 11.6. The van der Waals surface area contributed by atoms with Gasteiger partial charge < -0.3 is 9.47 Å². The minimum Gasteiger partial charge on any atom is -0.460 e. The number of carbonyl (C=O) groups is 1. The minimum absolute atomic E-state index is 0.236. The fourth-order valence-electron chi connectivity index (χ4n) is 1.62. The van der Waals surface area contributed by atoms with Crippen LogP contribution in [0.1, 0.15) is 43.5 Å². The second-order valence-corrected chi connectivity index (χ2v) is 4.33. The number of ether oxygens (including phenoxy) is 2. The van der Waals surface area contributed by atoms with E-state index in [2.05, 4.69) is 13.8 Å². The van der Waals surface area contributed by atoms with Crippen molar-refractivity contribution in [2.24, 2.45) is 0 Å². The molecule has 0 aliphatic heterocycles. The molecular weight excluding hydrogens is 228 g/mol. The average Bonchev–Trinajstić information content (AvgIpc) is 2.42. The molecule has 0 N–H and O–H groups in total. The first kappa shape index (κ1) is 14.7. The van der Waals surface area contributed by atoms with E-state index in [9.17, 15) is 4.79 Å². The standard InChI is InChI=1S/C15H22O3/c1-3-4-8-13(2)17-11-12-18-15(16)14-9-6-5-7-10-14/h5-7,9-10,13H,3-4,8,11-12H2,1-2H3. The molecule has 0 bridgehead atoms. The van der Waals surface area contributed by atoms with Gasteiger partial charge in [0.05, 0.1) is 18.3 Å². The Kier molecular flexibility index (Phi) is 7.11. The summed E-state index contributed by atoms with van der Waals surface area (Å²) in [6, 6.07) is 9.00. The van der Waals surface area contributed by atoms with Gasteiger partial charge in [0.2, 0.25) is 0 Å². The number of hydrogen-bond donors (Lipinski definition) is 0. The highest BCUT2D eigenvalue weighted by molar-refractivity contribution is 5.89. The third-order valence-corrected chi connectivity index (χ3v) is 2.69. The highest BCUT2D eigenvalue weighted by atomic mass is 16.6. The fraction of sp³-hybridized carbons (Fsp3) is 0.533. The molecule has 0 aliphatic rings. The maximum atomic E-state index is 11.6. The van der Waals surface area contributed by atoms with E-state index in [1.165, 1.54) is 12.8 Å². The van der Waals surface area contributed by atoms with Gasteiger partial charge in [0.15, 0.2) is 0 Å². The molecule has 0 saturated carbocycles. The van der Waals surface area contributed by atoms with Crippen LogP contribution in [0.25, 0.3) is 0 Å². The summed E-state index contributed by atoms with van der Waals surface area (Å²) in [6.45, 7) is 4.98. The van der Waals surface area contributed by atoms with Crippen LogP contribution in [-0.2, 0) is 9.47 Å². The summed E-state index contributed by atoms with van der Waals surface area (Å²) >= 11 is 0. The Hall–Kier alpha value is -1.35. The minimum atomic E-state index is -0.291. The van der Waals surface area contributed by atoms with E-state index in [-0.39, 0.29) is 12.1 Å². The Morgan fingerprint density at radius 1 is 1.22 bits per heavy atom. The van der Waals surface area contributed by atoms with Crippen LogP contribution < -0.4 is 0 Å². The SMILES string of the molecule is CCCCC(C)OCCOC(=O)c1ccccc1. The first-order chi connectivity index (χ1) is 8.74. The fourth-order valence-corrected chi connectivity index (χ4v) is 1.62. The molecular formula is C15H22O3. The zero-order chi connectivity index (χ0) is 13.2. The van der Waals surface area contributed by atoms with Crippen molar-refractivity contribution in [2.75, 3.05) is 13.2 Å². The number of benzene rings is 1. The van der Waals surface area contributed by atoms with Gasteiger partial charge in [0.1, 0.15) is 6.61 Å². The quantitative estimate of drug-likeness (QED) is 0.523. The predicted octanol–water partition coefficient (Wildman–Crippen LogP) is 3.44. The Labute approximate surface area is 109 Å². The van der Waals surface area contributed by atoms with E-state index >= 15 is 0 Å². The number of rotatable bonds is 8. The van der Waals surface area contributed by atoms with Gasteiger partial charge in [0, 0.05) is 0 Å². The van der Waals surface area contributed by atoms with Gasteiger partial charge in [-0.05, 0) is 25.5 Å². The first-order valence-electron chi connectivity index (χ1n) is 6.57. The zero-order valence-electron chi connectivity index (χ0n) is 11.2. The van der Waals surface area contributed by atoms with Gasteiger partial charge in [-0.1, -0.05) is 38.0 Å². The largest absolute Gasteiger partial charge is 0.460 e. The van der Waals surface area contributed by atoms with Crippen LogP contribution in [0.15, 0.2) is 30.3 Å². The van der Waals surface area contributed by atoms with E-state index in [1.54, 1.807) is 12.1 Å². The topological polar surface area (TPSA) is 35.5 Å². The lowest BCUT2D eigenvalue weighted by atomic mass is 10.2. The van der Waals surface area contributed by atoms with E-state index in [4.69, 9.17) is 9.47 Å². The molecule has 18 heavy (non-hydrogen) atoms. The molecule has 1 aromatic carbocycles. The van der Waals surface area contributed by atoms with Crippen LogP contribution in [0.4, 0.5) is 0 Å². The molecule has 100 valence electrons. The summed E-state index contributed by atoms with van der Waals surface area (Å²) in [5, 5.41) is 0. The number of esters is 1. The third-order valence-electron chi connectivity index (χ3n) is 2.69. The molecule has 1 unspecified atom stereocenters. The lowest BCUT2D eigenvalue weighted by Gasteiger charge is -2.12. The summed E-state index contributed by atoms with van der Waals surface area (Å²) in [5.74, 6) is -0.291. The van der Waals surface area contributed by atoms with Gasteiger partial charge in [-0.2, -0.15) is 0 Å². The lowest BCUT2D eigenvalue weighted by Crippen LogP contribution is -2.15. The molecule has 0 amide bonds. The van der Waals surface area contributed by atoms with E-state index in [0.717, 1.165) is 6.42 Å². The molecule has 1 atom stereocenters. The van der Waals surface area contributed by atoms with Crippen LogP contribution in [0, 0.1) is 0 Å². The summed E-state index contributed by atoms with van der Waals surface area (Å²) in [6.07, 6.45) is 3.64. The number of hydrogen-bond acceptors (Lipinski definition) is 3. The van der Waals surface area contributed by atoms with Crippen molar-refractivity contribution >= 4 is 5.97 Å². The zero-order valence-corrected chi connectivity index (χ0v) is 11.2. The molecule has 3 nitrogen and oxygen atoms in total. The Bertz CT molecular complexity index is 335. The summed E-state index contributed by atoms with van der Waals surface area (Å²) in [4.78, 5) is 11.6. The molecule has 0 aliphatic carbocycles. The van der Waals surface area contributed by atoms with E-state index in [0.29, 0.717) is 18.8 Å². The molecule has 1 aromatic rings. The number of carbonyl (C=O) groups excluding carboxylic acids is 1. The predicted molar refractivity (Wildman–Crippen MR) is 71.7 cm³/mol. The normalized spacial score (nSPS) is 12.1. The highest BCUT2D eigenvalue weighted by Gasteiger charge is 2.06. The third kappa shape index (κ3) is 5.82. The highest BCUT2D eigenvalue weighted by Crippen LogP contribution is 2.04. The molecule has 0 aromatic heterocycles. The van der Waals surface area contributed by atoms with E-state index < -0.39 is 0 Å². The van der Waals surface area contributed by atoms with Crippen molar-refractivity contribution < 1.29 is 14.3 Å². The number of unbranched alkanes of at least 4 members (excludes halogenated alkanes) is 1. The Morgan fingerprint density at radius 3 is 2.61 bits per heavy atom. The van der Waals surface area contributed by atoms with Crippen LogP contribution in [0.3, 0.4) is 0 Å². The average molecular weight is 250 g/mol. The molecule has 3 heteroatoms. The summed E-state index contributed by atoms with van der Waals surface area (Å²) in [7, 11) is 0. The second-order valence-electron chi connectivity index (χ2n) is 4.33. The first-order valence-corrected chi connectivity index (χ1v) is 6.57. The molecule has 0 fully saturated rings. The monoisotopic (exact) mass is 250 g/mol. The maximum Gasteiger partial charge on any atom is 0.338 e. The van der Waals surface area contributed by atoms with Gasteiger partial charge >= 0.3 is 5.97 Å². The van der Waals surface area contributed by atoms with Crippen molar-refractivity contribution in [2.45, 2.75) is 39.2 Å². The lowest BCUT2D eigenvalue weighted by molar-refractivity contribution is 0.0101. The van der Waals surface area contributed by atoms with Crippen LogP contribution >= 0.6 is 0 Å². The van der Waals surface area contributed by atoms with Gasteiger partial charge in [-0.15, -0.1) is 0 Å². The van der Waals surface area contributed by atoms with Crippen LogP contribution in [-0.4, -0.2) is 25.3 Å². The summed E-state index contributed by atoms with van der Waals surface area (Å²) < 4.78 is 10.7. The Morgan fingerprint density at radius 2 is 1.94 bits per heavy atom. The molecule has 0 spiro atoms. The summed E-state index contributed by atoms with van der Waals surface area (Å²) in [5.41, 5.74) is 0.580. The Balaban J connectivity index is 2.13. The van der Waals surface area contributed by atoms with Crippen molar-refractivity contribution in [3.8, 4) is 0 Å². The van der Waals surface area contributed by atoms with Crippen LogP contribution in [0.5, 0.6) is 0 Å². The molecule has 1 rings (SSSR count). The van der Waals surface area contributed by atoms with Gasteiger partial charge in [-0.3, -0.25) is 0 Å². The molecule has 0 radical (unpaired) electrons. The van der Waals surface area contributed by atoms with Gasteiger partial charge in [0.25, 0.3) is 0 Å². The van der Waals surface area contributed by atoms with Crippen molar-refractivity contribution in [1.82, 2.24) is 0 Å². The van der Waals surface area contributed by atoms with Crippen molar-refractivity contribution in [1.29, 1.82) is 0 Å². The van der Waals surface area contributed by atoms with Gasteiger partial charge in [-0.25, -0.2) is 4.79 Å². The molecule has 0 saturated heterocycles. The van der Waals surface area contributed by atoms with Crippen molar-refractivity contribution in [3.63, 3.8) is 0 Å². The van der Waals surface area contributed by atoms with Crippen molar-refractivity contribution in [3.05, 3.63) is 35.9 Å². The van der Waals surface area contributed by atoms with E-state index in [1.807, 2.05) is 18.2 Å². The smallest absolute Gasteiger partial charge is 0.338 e.